The van der Waals surface area contributed by atoms with Crippen LogP contribution in [0.3, 0.4) is 0 Å². The molecule has 0 spiro atoms. The highest BCUT2D eigenvalue weighted by molar-refractivity contribution is 5.97. The van der Waals surface area contributed by atoms with Crippen molar-refractivity contribution in [2.45, 2.75) is 94.7 Å². The molecule has 0 radical (unpaired) electrons. The van der Waals surface area contributed by atoms with Gasteiger partial charge in [-0.25, -0.2) is 9.13 Å². The third-order valence-electron chi connectivity index (χ3n) is 8.46. The summed E-state index contributed by atoms with van der Waals surface area (Å²) in [4.78, 5) is 26.4. The fraction of sp³-hybridized carbons (Fsp3) is 0.710. The molecule has 1 heterocycles. The Morgan fingerprint density at radius 3 is 1.90 bits per heavy atom. The van der Waals surface area contributed by atoms with Gasteiger partial charge in [-0.1, -0.05) is 0 Å². The van der Waals surface area contributed by atoms with E-state index in [1.54, 1.807) is 6.07 Å². The molecule has 18 nitrogen and oxygen atoms in total. The second kappa shape index (κ2) is 20.7. The Bertz CT molecular complexity index is 1270. The van der Waals surface area contributed by atoms with Gasteiger partial charge in [-0.15, -0.1) is 0 Å². The Balaban J connectivity index is 1.98. The molecule has 0 aliphatic rings. The minimum Gasteiger partial charge on any atom is -0.394 e. The maximum absolute atomic E-state index is 12.9. The number of hydrogen-bond donors (Lipinski definition) is 13. The largest absolute Gasteiger partial charge is 0.394 e. The first-order chi connectivity index (χ1) is 23.2. The first-order valence-corrected chi connectivity index (χ1v) is 16.4. The summed E-state index contributed by atoms with van der Waals surface area (Å²) >= 11 is 0. The van der Waals surface area contributed by atoms with Gasteiger partial charge in [0.05, 0.1) is 44.6 Å². The van der Waals surface area contributed by atoms with E-state index in [1.807, 2.05) is 36.9 Å². The van der Waals surface area contributed by atoms with Crippen LogP contribution in [0.5, 0.6) is 0 Å². The number of aliphatic hydroxyl groups is 10. The van der Waals surface area contributed by atoms with E-state index in [4.69, 9.17) is 15.9 Å². The Labute approximate surface area is 284 Å². The van der Waals surface area contributed by atoms with E-state index in [-0.39, 0.29) is 38.4 Å². The van der Waals surface area contributed by atoms with Gasteiger partial charge in [-0.3, -0.25) is 14.5 Å². The van der Waals surface area contributed by atoms with Crippen molar-refractivity contribution < 1.29 is 65.2 Å². The zero-order valence-corrected chi connectivity index (χ0v) is 28.0. The smallest absolute Gasteiger partial charge is 0.251 e. The van der Waals surface area contributed by atoms with E-state index in [0.29, 0.717) is 5.56 Å². The Hall–Kier alpha value is -2.85. The van der Waals surface area contributed by atoms with E-state index in [2.05, 4.69) is 15.2 Å². The summed E-state index contributed by atoms with van der Waals surface area (Å²) in [7, 11) is 0. The number of imidazole rings is 1. The van der Waals surface area contributed by atoms with E-state index >= 15 is 0 Å². The standard InChI is InChI=1S/C31H54N6O12/c1-3-36-17-37(4-2)21-12-18(6-7-20(21)36)31(49)34-10-8-19(30(32)48)33-9-5-11-35(13-22(40)26(44)28(46)24(42)15-38)14-23(41)27(45)29(47)25(43)16-39/h6-7,12,17,19,22-29,33,38-47H,3-5,8-11,13-16H2,1-2H3,(H2-,32,34,48,49)/p+1/t19-,22-,23-,24+,25+,26+,27+,28+,29+/m0/s1. The van der Waals surface area contributed by atoms with Crippen molar-refractivity contribution >= 4 is 22.8 Å². The molecule has 280 valence electrons. The van der Waals surface area contributed by atoms with Gasteiger partial charge in [0.25, 0.3) is 5.91 Å². The number of nitrogens with zero attached hydrogens (tertiary/aromatic N) is 3. The summed E-state index contributed by atoms with van der Waals surface area (Å²) < 4.78 is 4.13. The molecule has 0 fully saturated rings. The maximum atomic E-state index is 12.9. The lowest BCUT2D eigenvalue weighted by molar-refractivity contribution is -0.668. The van der Waals surface area contributed by atoms with Gasteiger partial charge in [-0.2, -0.15) is 0 Å². The van der Waals surface area contributed by atoms with Crippen LogP contribution in [0, 0.1) is 0 Å². The molecule has 0 aliphatic heterocycles. The summed E-state index contributed by atoms with van der Waals surface area (Å²) in [5.41, 5.74) is 7.96. The highest BCUT2D eigenvalue weighted by Crippen LogP contribution is 2.15. The molecule has 2 rings (SSSR count). The van der Waals surface area contributed by atoms with Crippen LogP contribution in [-0.4, -0.2) is 173 Å². The number of benzene rings is 1. The van der Waals surface area contributed by atoms with Crippen LogP contribution < -0.4 is 20.9 Å². The molecule has 0 saturated heterocycles. The van der Waals surface area contributed by atoms with Crippen molar-refractivity contribution in [3.63, 3.8) is 0 Å². The molecule has 18 heteroatoms. The Morgan fingerprint density at radius 2 is 1.41 bits per heavy atom. The van der Waals surface area contributed by atoms with Crippen LogP contribution in [0.1, 0.15) is 37.0 Å². The van der Waals surface area contributed by atoms with Crippen LogP contribution in [0.2, 0.25) is 0 Å². The van der Waals surface area contributed by atoms with Gasteiger partial charge < -0.3 is 67.4 Å². The molecule has 49 heavy (non-hydrogen) atoms. The zero-order chi connectivity index (χ0) is 36.8. The fourth-order valence-electron chi connectivity index (χ4n) is 5.42. The molecule has 1 aromatic carbocycles. The van der Waals surface area contributed by atoms with Crippen LogP contribution in [0.25, 0.3) is 11.0 Å². The number of rotatable bonds is 24. The topological polar surface area (TPSA) is 299 Å². The van der Waals surface area contributed by atoms with Crippen molar-refractivity contribution in [3.05, 3.63) is 30.1 Å². The molecule has 2 amide bonds. The first kappa shape index (κ1) is 42.3. The predicted molar refractivity (Wildman–Crippen MR) is 175 cm³/mol. The lowest BCUT2D eigenvalue weighted by atomic mass is 10.0. The predicted octanol–water partition coefficient (Wildman–Crippen LogP) is -5.90. The van der Waals surface area contributed by atoms with Crippen molar-refractivity contribution in [3.8, 4) is 0 Å². The highest BCUT2D eigenvalue weighted by atomic mass is 16.4. The van der Waals surface area contributed by atoms with Crippen molar-refractivity contribution in [1.29, 1.82) is 0 Å². The molecule has 2 aromatic rings. The van der Waals surface area contributed by atoms with Gasteiger partial charge in [-0.05, 0) is 51.9 Å². The SMILES string of the molecule is CCn1c[n+](CC)c2ccc(C(=O)NCC[C@H](NCCCN(C[C@H](O)[C@@H](O)[C@H](O)[C@H](O)CO)C[C@H](O)[C@@H](O)[C@H](O)[C@H](O)CO)C(N)=O)cc21. The normalized spacial score (nSPS) is 17.7. The van der Waals surface area contributed by atoms with E-state index in [0.717, 1.165) is 24.1 Å². The third kappa shape index (κ3) is 12.2. The molecular weight excluding hydrogens is 648 g/mol. The number of carbonyl (C=O) groups is 2. The second-order valence-electron chi connectivity index (χ2n) is 12.1. The number of nitrogens with one attached hydrogen (secondary N) is 2. The van der Waals surface area contributed by atoms with Crippen molar-refractivity contribution in [2.24, 2.45) is 5.73 Å². The molecular formula is C31H55N6O12+. The lowest BCUT2D eigenvalue weighted by Crippen LogP contribution is -2.53. The monoisotopic (exact) mass is 703 g/mol. The number of primary amides is 1. The molecule has 1 aromatic heterocycles. The van der Waals surface area contributed by atoms with E-state index < -0.39 is 87.1 Å². The Kier molecular flexibility index (Phi) is 17.9. The molecule has 9 atom stereocenters. The van der Waals surface area contributed by atoms with Crippen molar-refractivity contribution in [2.75, 3.05) is 45.9 Å². The van der Waals surface area contributed by atoms with Gasteiger partial charge in [0.15, 0.2) is 11.0 Å². The first-order valence-electron chi connectivity index (χ1n) is 16.4. The highest BCUT2D eigenvalue weighted by Gasteiger charge is 2.34. The number of aryl methyl sites for hydroxylation is 2. The minimum atomic E-state index is -1.91. The average Bonchev–Trinajstić information content (AvgIpc) is 3.47. The average molecular weight is 704 g/mol. The van der Waals surface area contributed by atoms with Gasteiger partial charge in [0, 0.05) is 31.3 Å². The van der Waals surface area contributed by atoms with Gasteiger partial charge >= 0.3 is 0 Å². The van der Waals surface area contributed by atoms with Crippen molar-refractivity contribution in [1.82, 2.24) is 20.1 Å². The van der Waals surface area contributed by atoms with Gasteiger partial charge in [0.2, 0.25) is 12.2 Å². The van der Waals surface area contributed by atoms with Crippen LogP contribution in [0.4, 0.5) is 0 Å². The van der Waals surface area contributed by atoms with E-state index in [9.17, 15) is 50.4 Å². The van der Waals surface area contributed by atoms with Gasteiger partial charge in [0.1, 0.15) is 36.6 Å². The number of aromatic nitrogens is 2. The van der Waals surface area contributed by atoms with Crippen LogP contribution in [-0.2, 0) is 17.9 Å². The van der Waals surface area contributed by atoms with Crippen LogP contribution in [0.15, 0.2) is 24.5 Å². The van der Waals surface area contributed by atoms with E-state index in [1.165, 1.54) is 4.90 Å². The molecule has 0 unspecified atom stereocenters. The summed E-state index contributed by atoms with van der Waals surface area (Å²) in [6.45, 7) is 3.32. The Morgan fingerprint density at radius 1 is 0.857 bits per heavy atom. The number of amides is 2. The summed E-state index contributed by atoms with van der Waals surface area (Å²) in [5.74, 6) is -0.982. The zero-order valence-electron chi connectivity index (χ0n) is 28.0. The molecule has 0 bridgehead atoms. The molecule has 0 aliphatic carbocycles. The third-order valence-corrected chi connectivity index (χ3v) is 8.46. The number of aliphatic hydroxyl groups excluding tert-OH is 10. The number of fused-ring (bicyclic) bond motifs is 1. The minimum absolute atomic E-state index is 0.0556. The summed E-state index contributed by atoms with van der Waals surface area (Å²) in [6, 6.07) is 4.60. The quantitative estimate of drug-likeness (QED) is 0.0358. The number of carbonyl (C=O) groups excluding carboxylic acids is 2. The lowest BCUT2D eigenvalue weighted by Gasteiger charge is -2.33. The maximum Gasteiger partial charge on any atom is 0.251 e. The number of hydrogen-bond acceptors (Lipinski definition) is 14. The molecule has 14 N–H and O–H groups in total. The molecule has 0 saturated carbocycles. The number of nitrogens with two attached hydrogens (primary N) is 1. The summed E-state index contributed by atoms with van der Waals surface area (Å²) in [6.07, 6.45) is -12.1. The fourth-order valence-corrected chi connectivity index (χ4v) is 5.42. The second-order valence-corrected chi connectivity index (χ2v) is 12.1. The summed E-state index contributed by atoms with van der Waals surface area (Å²) in [5, 5.41) is 105. The van der Waals surface area contributed by atoms with Crippen LogP contribution >= 0.6 is 0 Å².